The first-order valence-corrected chi connectivity index (χ1v) is 6.36. The van der Waals surface area contributed by atoms with E-state index in [0.717, 1.165) is 5.56 Å². The molecule has 4 N–H and O–H groups in total. The second-order valence-electron chi connectivity index (χ2n) is 3.97. The lowest BCUT2D eigenvalue weighted by Crippen LogP contribution is -2.12. The van der Waals surface area contributed by atoms with Crippen molar-refractivity contribution in [1.29, 1.82) is 0 Å². The lowest BCUT2D eigenvalue weighted by molar-refractivity contribution is 0.872. The molecule has 0 aliphatic carbocycles. The van der Waals surface area contributed by atoms with Gasteiger partial charge >= 0.3 is 0 Å². The highest BCUT2D eigenvalue weighted by Gasteiger charge is 2.11. The number of aromatic nitrogens is 2. The summed E-state index contributed by atoms with van der Waals surface area (Å²) in [6, 6.07) is 5.35. The molecule has 0 saturated carbocycles. The van der Waals surface area contributed by atoms with E-state index in [-0.39, 0.29) is 6.04 Å². The number of hydrogen-bond acceptors (Lipinski definition) is 5. The van der Waals surface area contributed by atoms with E-state index in [9.17, 15) is 0 Å². The maximum Gasteiger partial charge on any atom is 0.160 e. The van der Waals surface area contributed by atoms with Crippen LogP contribution in [-0.4, -0.2) is 9.97 Å². The van der Waals surface area contributed by atoms with Gasteiger partial charge in [-0.2, -0.15) is 0 Å². The first-order chi connectivity index (χ1) is 9.10. The minimum absolute atomic E-state index is 0.0351. The van der Waals surface area contributed by atoms with Gasteiger partial charge in [0.05, 0.1) is 18.4 Å². The Morgan fingerprint density at radius 2 is 1.95 bits per heavy atom. The third kappa shape index (κ3) is 3.47. The Bertz CT molecular complexity index is 576. The van der Waals surface area contributed by atoms with Crippen molar-refractivity contribution in [2.75, 3.05) is 10.7 Å². The Balaban J connectivity index is 2.17. The number of halogens is 2. The zero-order valence-corrected chi connectivity index (χ0v) is 11.7. The molecule has 1 aromatic heterocycles. The van der Waals surface area contributed by atoms with Gasteiger partial charge in [-0.15, -0.1) is 0 Å². The molecule has 0 bridgehead atoms. The highest BCUT2D eigenvalue weighted by atomic mass is 35.5. The van der Waals surface area contributed by atoms with Crippen molar-refractivity contribution in [1.82, 2.24) is 9.97 Å². The van der Waals surface area contributed by atoms with Gasteiger partial charge in [0.2, 0.25) is 0 Å². The van der Waals surface area contributed by atoms with Crippen LogP contribution >= 0.6 is 23.2 Å². The molecule has 0 radical (unpaired) electrons. The van der Waals surface area contributed by atoms with E-state index in [1.807, 2.05) is 13.0 Å². The van der Waals surface area contributed by atoms with Crippen molar-refractivity contribution in [3.63, 3.8) is 0 Å². The summed E-state index contributed by atoms with van der Waals surface area (Å²) in [6.45, 7) is 1.97. The molecule has 0 aliphatic rings. The summed E-state index contributed by atoms with van der Waals surface area (Å²) in [5.74, 6) is 6.38. The fraction of sp³-hybridized carbons (Fsp3) is 0.167. The summed E-state index contributed by atoms with van der Waals surface area (Å²) in [4.78, 5) is 8.24. The van der Waals surface area contributed by atoms with Gasteiger partial charge in [0.1, 0.15) is 5.82 Å². The van der Waals surface area contributed by atoms with Gasteiger partial charge in [0.25, 0.3) is 0 Å². The quantitative estimate of drug-likeness (QED) is 0.597. The third-order valence-corrected chi connectivity index (χ3v) is 3.14. The van der Waals surface area contributed by atoms with Gasteiger partial charge in [-0.3, -0.25) is 4.98 Å². The number of nitrogens with two attached hydrogens (primary N) is 1. The summed E-state index contributed by atoms with van der Waals surface area (Å²) < 4.78 is 0. The Kier molecular flexibility index (Phi) is 4.42. The van der Waals surface area contributed by atoms with Crippen molar-refractivity contribution in [3.8, 4) is 0 Å². The molecule has 7 heteroatoms. The molecule has 0 spiro atoms. The lowest BCUT2D eigenvalue weighted by Gasteiger charge is -2.16. The summed E-state index contributed by atoms with van der Waals surface area (Å²) >= 11 is 12.0. The minimum atomic E-state index is -0.0351. The largest absolute Gasteiger partial charge is 0.362 e. The molecule has 0 aliphatic heterocycles. The predicted octanol–water partition coefficient (Wildman–Crippen LogP) is 3.24. The number of nitrogens with one attached hydrogen (secondary N) is 2. The number of benzene rings is 1. The van der Waals surface area contributed by atoms with Crippen LogP contribution in [0.15, 0.2) is 30.6 Å². The average molecular weight is 298 g/mol. The summed E-state index contributed by atoms with van der Waals surface area (Å²) in [5, 5.41) is 4.41. The maximum absolute atomic E-state index is 6.16. The van der Waals surface area contributed by atoms with E-state index >= 15 is 0 Å². The van der Waals surface area contributed by atoms with Gasteiger partial charge in [0.15, 0.2) is 5.82 Å². The fourth-order valence-corrected chi connectivity index (χ4v) is 2.23. The van der Waals surface area contributed by atoms with Gasteiger partial charge in [-0.05, 0) is 24.6 Å². The highest BCUT2D eigenvalue weighted by molar-refractivity contribution is 6.35. The van der Waals surface area contributed by atoms with Crippen molar-refractivity contribution in [3.05, 3.63) is 46.2 Å². The lowest BCUT2D eigenvalue weighted by atomic mass is 10.1. The number of anilines is 2. The van der Waals surface area contributed by atoms with Crippen molar-refractivity contribution in [2.45, 2.75) is 13.0 Å². The highest BCUT2D eigenvalue weighted by Crippen LogP contribution is 2.28. The van der Waals surface area contributed by atoms with Crippen LogP contribution in [0.25, 0.3) is 0 Å². The number of nitrogen functional groups attached to an aromatic ring is 1. The molecule has 0 fully saturated rings. The van der Waals surface area contributed by atoms with Crippen LogP contribution < -0.4 is 16.6 Å². The second kappa shape index (κ2) is 6.06. The molecule has 0 saturated heterocycles. The fourth-order valence-electron chi connectivity index (χ4n) is 1.66. The van der Waals surface area contributed by atoms with Gasteiger partial charge < -0.3 is 10.7 Å². The predicted molar refractivity (Wildman–Crippen MR) is 78.3 cm³/mol. The number of nitrogens with zero attached hydrogens (tertiary/aromatic N) is 2. The van der Waals surface area contributed by atoms with Crippen LogP contribution in [0.2, 0.25) is 10.0 Å². The third-order valence-electron chi connectivity index (χ3n) is 2.58. The molecule has 1 heterocycles. The van der Waals surface area contributed by atoms with Gasteiger partial charge in [0, 0.05) is 10.0 Å². The van der Waals surface area contributed by atoms with Crippen LogP contribution in [0.3, 0.4) is 0 Å². The first-order valence-electron chi connectivity index (χ1n) is 5.60. The summed E-state index contributed by atoms with van der Waals surface area (Å²) in [5.41, 5.74) is 3.37. The number of hydrogen-bond donors (Lipinski definition) is 3. The molecule has 1 atom stereocenters. The Morgan fingerprint density at radius 1 is 1.21 bits per heavy atom. The molecule has 0 amide bonds. The zero-order valence-electron chi connectivity index (χ0n) is 10.2. The average Bonchev–Trinajstić information content (AvgIpc) is 2.38. The van der Waals surface area contributed by atoms with Crippen molar-refractivity contribution < 1.29 is 0 Å². The smallest absolute Gasteiger partial charge is 0.160 e. The topological polar surface area (TPSA) is 75.9 Å². The van der Waals surface area contributed by atoms with Crippen molar-refractivity contribution >= 4 is 34.8 Å². The zero-order chi connectivity index (χ0) is 13.8. The molecule has 1 aromatic carbocycles. The molecule has 2 aromatic rings. The summed E-state index contributed by atoms with van der Waals surface area (Å²) in [6.07, 6.45) is 3.15. The minimum Gasteiger partial charge on any atom is -0.362 e. The SMILES string of the molecule is CC(Nc1cncc(NN)n1)c1ccc(Cl)cc1Cl. The van der Waals surface area contributed by atoms with Crippen LogP contribution in [0, 0.1) is 0 Å². The second-order valence-corrected chi connectivity index (χ2v) is 4.81. The van der Waals surface area contributed by atoms with Crippen molar-refractivity contribution in [2.24, 2.45) is 5.84 Å². The molecule has 2 rings (SSSR count). The molecular formula is C12H13Cl2N5. The van der Waals surface area contributed by atoms with E-state index in [1.165, 1.54) is 6.20 Å². The van der Waals surface area contributed by atoms with Crippen LogP contribution in [-0.2, 0) is 0 Å². The Morgan fingerprint density at radius 3 is 2.63 bits per heavy atom. The molecule has 19 heavy (non-hydrogen) atoms. The summed E-state index contributed by atoms with van der Waals surface area (Å²) in [7, 11) is 0. The number of rotatable bonds is 4. The van der Waals surface area contributed by atoms with Crippen LogP contribution in [0.5, 0.6) is 0 Å². The van der Waals surface area contributed by atoms with Crippen LogP contribution in [0.1, 0.15) is 18.5 Å². The molecule has 5 nitrogen and oxygen atoms in total. The van der Waals surface area contributed by atoms with E-state index in [0.29, 0.717) is 21.7 Å². The molecule has 100 valence electrons. The molecule has 1 unspecified atom stereocenters. The van der Waals surface area contributed by atoms with Gasteiger partial charge in [-0.25, -0.2) is 10.8 Å². The van der Waals surface area contributed by atoms with E-state index in [4.69, 9.17) is 29.0 Å². The van der Waals surface area contributed by atoms with Crippen LogP contribution in [0.4, 0.5) is 11.6 Å². The standard InChI is InChI=1S/C12H13Cl2N5/c1-7(9-3-2-8(13)4-10(9)14)17-11-5-16-6-12(18-11)19-15/h2-7H,15H2,1H3,(H2,17,18,19). The monoisotopic (exact) mass is 297 g/mol. The van der Waals surface area contributed by atoms with Gasteiger partial charge in [-0.1, -0.05) is 29.3 Å². The van der Waals surface area contributed by atoms with E-state index in [2.05, 4.69) is 20.7 Å². The number of hydrazine groups is 1. The molecular weight excluding hydrogens is 285 g/mol. The Labute approximate surface area is 121 Å². The van der Waals surface area contributed by atoms with E-state index in [1.54, 1.807) is 18.3 Å². The first kappa shape index (κ1) is 13.9. The van der Waals surface area contributed by atoms with E-state index < -0.39 is 0 Å². The Hall–Kier alpha value is -1.56. The normalized spacial score (nSPS) is 12.0. The maximum atomic E-state index is 6.16.